The van der Waals surface area contributed by atoms with Crippen LogP contribution in [-0.4, -0.2) is 0 Å². The van der Waals surface area contributed by atoms with Crippen LogP contribution in [0.15, 0.2) is 48.5 Å². The molecule has 2 aromatic rings. The van der Waals surface area contributed by atoms with Crippen LogP contribution in [0.1, 0.15) is 30.5 Å². The predicted molar refractivity (Wildman–Crippen MR) is 86.9 cm³/mol. The Bertz CT molecular complexity index is 497. The second-order valence-corrected chi connectivity index (χ2v) is 6.42. The molecule has 0 spiro atoms. The Morgan fingerprint density at radius 1 is 0.889 bits per heavy atom. The van der Waals surface area contributed by atoms with E-state index in [1.54, 1.807) is 0 Å². The van der Waals surface area contributed by atoms with Gasteiger partial charge in [0, 0.05) is 3.57 Å². The molecule has 18 heavy (non-hydrogen) atoms. The van der Waals surface area contributed by atoms with Crippen LogP contribution in [0.5, 0.6) is 0 Å². The highest BCUT2D eigenvalue weighted by atomic mass is 127. The summed E-state index contributed by atoms with van der Waals surface area (Å²) in [6.45, 7) is 4.56. The quantitative estimate of drug-likeness (QED) is 0.675. The molecule has 2 aromatic carbocycles. The zero-order valence-corrected chi connectivity index (χ0v) is 13.1. The van der Waals surface area contributed by atoms with Gasteiger partial charge >= 0.3 is 0 Å². The van der Waals surface area contributed by atoms with Crippen molar-refractivity contribution in [1.82, 2.24) is 0 Å². The third-order valence-electron chi connectivity index (χ3n) is 3.05. The van der Waals surface area contributed by atoms with E-state index in [4.69, 9.17) is 0 Å². The van der Waals surface area contributed by atoms with Gasteiger partial charge in [-0.3, -0.25) is 0 Å². The molecule has 0 atom stereocenters. The maximum absolute atomic E-state index is 2.35. The lowest BCUT2D eigenvalue weighted by atomic mass is 9.94. The van der Waals surface area contributed by atoms with Gasteiger partial charge < -0.3 is 0 Å². The first kappa shape index (κ1) is 13.6. The zero-order chi connectivity index (χ0) is 13.0. The Balaban J connectivity index is 2.20. The molecule has 2 rings (SSSR count). The number of rotatable bonds is 4. The van der Waals surface area contributed by atoms with Crippen LogP contribution in [0, 0.1) is 9.49 Å². The molecular formula is C17H19I. The van der Waals surface area contributed by atoms with Gasteiger partial charge in [0.1, 0.15) is 0 Å². The van der Waals surface area contributed by atoms with Crippen molar-refractivity contribution in [3.05, 3.63) is 68.8 Å². The van der Waals surface area contributed by atoms with E-state index in [0.29, 0.717) is 5.92 Å². The summed E-state index contributed by atoms with van der Waals surface area (Å²) in [5.41, 5.74) is 4.35. The SMILES string of the molecule is CC(C)Cc1ccccc1Cc1ccc(I)cc1. The lowest BCUT2D eigenvalue weighted by Crippen LogP contribution is -2.00. The summed E-state index contributed by atoms with van der Waals surface area (Å²) in [7, 11) is 0. The first-order valence-corrected chi connectivity index (χ1v) is 7.54. The minimum Gasteiger partial charge on any atom is -0.0625 e. The van der Waals surface area contributed by atoms with E-state index in [-0.39, 0.29) is 0 Å². The molecular weight excluding hydrogens is 331 g/mol. The van der Waals surface area contributed by atoms with Crippen LogP contribution in [0.3, 0.4) is 0 Å². The van der Waals surface area contributed by atoms with Gasteiger partial charge in [0.25, 0.3) is 0 Å². The van der Waals surface area contributed by atoms with Gasteiger partial charge in [-0.15, -0.1) is 0 Å². The number of benzene rings is 2. The molecule has 0 amide bonds. The normalized spacial score (nSPS) is 10.9. The highest BCUT2D eigenvalue weighted by Crippen LogP contribution is 2.18. The fraction of sp³-hybridized carbons (Fsp3) is 0.294. The van der Waals surface area contributed by atoms with E-state index in [1.165, 1.54) is 26.7 Å². The van der Waals surface area contributed by atoms with Crippen molar-refractivity contribution < 1.29 is 0 Å². The van der Waals surface area contributed by atoms with Gasteiger partial charge in [-0.05, 0) is 70.2 Å². The van der Waals surface area contributed by atoms with E-state index in [1.807, 2.05) is 0 Å². The minimum absolute atomic E-state index is 0.711. The monoisotopic (exact) mass is 350 g/mol. The van der Waals surface area contributed by atoms with Gasteiger partial charge in [-0.25, -0.2) is 0 Å². The average Bonchev–Trinajstić information content (AvgIpc) is 2.34. The second-order valence-electron chi connectivity index (χ2n) is 5.17. The van der Waals surface area contributed by atoms with E-state index < -0.39 is 0 Å². The summed E-state index contributed by atoms with van der Waals surface area (Å²) in [4.78, 5) is 0. The smallest absolute Gasteiger partial charge is 0.0130 e. The molecule has 0 N–H and O–H groups in total. The van der Waals surface area contributed by atoms with Crippen LogP contribution in [0.4, 0.5) is 0 Å². The van der Waals surface area contributed by atoms with Crippen molar-refractivity contribution in [2.24, 2.45) is 5.92 Å². The number of hydrogen-bond acceptors (Lipinski definition) is 0. The van der Waals surface area contributed by atoms with Crippen molar-refractivity contribution in [1.29, 1.82) is 0 Å². The van der Waals surface area contributed by atoms with Crippen molar-refractivity contribution >= 4 is 22.6 Å². The second kappa shape index (κ2) is 6.37. The fourth-order valence-electron chi connectivity index (χ4n) is 2.19. The van der Waals surface area contributed by atoms with E-state index >= 15 is 0 Å². The Labute approximate surface area is 124 Å². The molecule has 0 bridgehead atoms. The molecule has 0 aromatic heterocycles. The first-order chi connectivity index (χ1) is 8.65. The summed E-state index contributed by atoms with van der Waals surface area (Å²) >= 11 is 2.35. The van der Waals surface area contributed by atoms with Crippen molar-refractivity contribution in [2.75, 3.05) is 0 Å². The Morgan fingerprint density at radius 3 is 2.11 bits per heavy atom. The highest BCUT2D eigenvalue weighted by molar-refractivity contribution is 14.1. The summed E-state index contributed by atoms with van der Waals surface area (Å²) in [6, 6.07) is 17.6. The van der Waals surface area contributed by atoms with Crippen molar-refractivity contribution in [2.45, 2.75) is 26.7 Å². The van der Waals surface area contributed by atoms with E-state index in [9.17, 15) is 0 Å². The molecule has 0 aliphatic rings. The average molecular weight is 350 g/mol. The molecule has 94 valence electrons. The molecule has 0 unspecified atom stereocenters. The third kappa shape index (κ3) is 3.84. The van der Waals surface area contributed by atoms with Crippen LogP contribution >= 0.6 is 22.6 Å². The molecule has 0 heterocycles. The van der Waals surface area contributed by atoms with Crippen LogP contribution in [0.2, 0.25) is 0 Å². The van der Waals surface area contributed by atoms with Gasteiger partial charge in [-0.1, -0.05) is 50.2 Å². The molecule has 0 aliphatic carbocycles. The zero-order valence-electron chi connectivity index (χ0n) is 11.0. The highest BCUT2D eigenvalue weighted by Gasteiger charge is 2.05. The van der Waals surface area contributed by atoms with Gasteiger partial charge in [0.15, 0.2) is 0 Å². The standard InChI is InChI=1S/C17H19I/c1-13(2)11-15-5-3-4-6-16(15)12-14-7-9-17(18)10-8-14/h3-10,13H,11-12H2,1-2H3. The number of hydrogen-bond donors (Lipinski definition) is 0. The molecule has 0 fully saturated rings. The van der Waals surface area contributed by atoms with Gasteiger partial charge in [0.05, 0.1) is 0 Å². The molecule has 0 radical (unpaired) electrons. The molecule has 1 heteroatoms. The fourth-order valence-corrected chi connectivity index (χ4v) is 2.55. The topological polar surface area (TPSA) is 0 Å². The predicted octanol–water partition coefficient (Wildman–Crippen LogP) is 5.08. The van der Waals surface area contributed by atoms with E-state index in [2.05, 4.69) is 85.0 Å². The van der Waals surface area contributed by atoms with Crippen LogP contribution in [-0.2, 0) is 12.8 Å². The largest absolute Gasteiger partial charge is 0.0625 e. The summed E-state index contributed by atoms with van der Waals surface area (Å²) in [6.07, 6.45) is 2.21. The summed E-state index contributed by atoms with van der Waals surface area (Å²) in [5, 5.41) is 0. The van der Waals surface area contributed by atoms with E-state index in [0.717, 1.165) is 6.42 Å². The molecule has 0 saturated heterocycles. The van der Waals surface area contributed by atoms with Crippen LogP contribution in [0.25, 0.3) is 0 Å². The summed E-state index contributed by atoms with van der Waals surface area (Å²) in [5.74, 6) is 0.711. The Morgan fingerprint density at radius 2 is 1.50 bits per heavy atom. The van der Waals surface area contributed by atoms with Gasteiger partial charge in [0.2, 0.25) is 0 Å². The van der Waals surface area contributed by atoms with Crippen LogP contribution < -0.4 is 0 Å². The lowest BCUT2D eigenvalue weighted by Gasteiger charge is -2.11. The Kier molecular flexibility index (Phi) is 4.81. The maximum Gasteiger partial charge on any atom is 0.0130 e. The minimum atomic E-state index is 0.711. The third-order valence-corrected chi connectivity index (χ3v) is 3.77. The Hall–Kier alpha value is -0.830. The lowest BCUT2D eigenvalue weighted by molar-refractivity contribution is 0.643. The maximum atomic E-state index is 2.35. The molecule has 0 aliphatic heterocycles. The molecule has 0 nitrogen and oxygen atoms in total. The molecule has 0 saturated carbocycles. The van der Waals surface area contributed by atoms with Crippen molar-refractivity contribution in [3.63, 3.8) is 0 Å². The number of halogens is 1. The first-order valence-electron chi connectivity index (χ1n) is 6.46. The van der Waals surface area contributed by atoms with Crippen molar-refractivity contribution in [3.8, 4) is 0 Å². The summed E-state index contributed by atoms with van der Waals surface area (Å²) < 4.78 is 1.30. The van der Waals surface area contributed by atoms with Gasteiger partial charge in [-0.2, -0.15) is 0 Å².